The first-order valence-electron chi connectivity index (χ1n) is 7.73. The lowest BCUT2D eigenvalue weighted by Gasteiger charge is -2.34. The van der Waals surface area contributed by atoms with Gasteiger partial charge in [-0.25, -0.2) is 4.39 Å². The second-order valence-electron chi connectivity index (χ2n) is 6.20. The molecule has 120 valence electrons. The van der Waals surface area contributed by atoms with Crippen LogP contribution in [0, 0.1) is 5.82 Å². The van der Waals surface area contributed by atoms with Gasteiger partial charge in [-0.2, -0.15) is 0 Å². The SMILES string of the molecule is Nc1nnc(-c2cc(F)ccc2O)cc1N1C[C@H]2CC[C@@H](C1)N2. The van der Waals surface area contributed by atoms with Gasteiger partial charge in [0.05, 0.1) is 11.4 Å². The zero-order chi connectivity index (χ0) is 16.0. The zero-order valence-corrected chi connectivity index (χ0v) is 12.5. The van der Waals surface area contributed by atoms with E-state index in [9.17, 15) is 9.50 Å². The topological polar surface area (TPSA) is 87.3 Å². The number of nitrogens with two attached hydrogens (primary N) is 1. The fourth-order valence-corrected chi connectivity index (χ4v) is 3.48. The number of nitrogens with zero attached hydrogens (tertiary/aromatic N) is 3. The molecular weight excluding hydrogens is 297 g/mol. The average Bonchev–Trinajstić information content (AvgIpc) is 2.88. The standard InChI is InChI=1S/C16H18FN5O/c17-9-1-4-15(23)12(5-9)13-6-14(16(18)21-20-13)22-7-10-2-3-11(8-22)19-10/h1,4-6,10-11,19,23H,2-3,7-8H2,(H2,18,21)/t10-,11+. The summed E-state index contributed by atoms with van der Waals surface area (Å²) in [5.41, 5.74) is 7.52. The molecule has 0 saturated carbocycles. The van der Waals surface area contributed by atoms with Gasteiger partial charge in [0.25, 0.3) is 0 Å². The molecule has 0 unspecified atom stereocenters. The van der Waals surface area contributed by atoms with Gasteiger partial charge in [0.15, 0.2) is 5.82 Å². The van der Waals surface area contributed by atoms with Crippen molar-refractivity contribution in [2.75, 3.05) is 23.7 Å². The van der Waals surface area contributed by atoms with Crippen LogP contribution in [0.15, 0.2) is 24.3 Å². The molecular formula is C16H18FN5O. The molecule has 3 heterocycles. The van der Waals surface area contributed by atoms with Gasteiger partial charge in [-0.3, -0.25) is 0 Å². The molecule has 23 heavy (non-hydrogen) atoms. The number of phenols is 1. The Hall–Kier alpha value is -2.41. The number of fused-ring (bicyclic) bond motifs is 2. The van der Waals surface area contributed by atoms with Gasteiger partial charge in [-0.05, 0) is 37.1 Å². The highest BCUT2D eigenvalue weighted by atomic mass is 19.1. The molecule has 2 bridgehead atoms. The quantitative estimate of drug-likeness (QED) is 0.779. The molecule has 0 radical (unpaired) electrons. The Morgan fingerprint density at radius 1 is 1.17 bits per heavy atom. The lowest BCUT2D eigenvalue weighted by Crippen LogP contribution is -2.51. The van der Waals surface area contributed by atoms with E-state index in [1.807, 2.05) is 0 Å². The lowest BCUT2D eigenvalue weighted by atomic mass is 10.1. The Balaban J connectivity index is 1.72. The smallest absolute Gasteiger partial charge is 0.169 e. The highest BCUT2D eigenvalue weighted by Crippen LogP contribution is 2.33. The van der Waals surface area contributed by atoms with E-state index in [4.69, 9.17) is 5.73 Å². The van der Waals surface area contributed by atoms with E-state index in [1.165, 1.54) is 18.2 Å². The van der Waals surface area contributed by atoms with Crippen LogP contribution in [-0.4, -0.2) is 40.5 Å². The van der Waals surface area contributed by atoms with Crippen LogP contribution >= 0.6 is 0 Å². The number of nitrogens with one attached hydrogen (secondary N) is 1. The van der Waals surface area contributed by atoms with Crippen LogP contribution < -0.4 is 16.0 Å². The summed E-state index contributed by atoms with van der Waals surface area (Å²) in [6.45, 7) is 1.72. The van der Waals surface area contributed by atoms with Crippen LogP contribution in [0.3, 0.4) is 0 Å². The molecule has 4 rings (SSSR count). The summed E-state index contributed by atoms with van der Waals surface area (Å²) < 4.78 is 13.5. The fraction of sp³-hybridized carbons (Fsp3) is 0.375. The minimum Gasteiger partial charge on any atom is -0.507 e. The van der Waals surface area contributed by atoms with Crippen molar-refractivity contribution in [2.45, 2.75) is 24.9 Å². The number of halogens is 1. The average molecular weight is 315 g/mol. The summed E-state index contributed by atoms with van der Waals surface area (Å²) in [5.74, 6) is -0.110. The number of aromatic hydroxyl groups is 1. The third-order valence-corrected chi connectivity index (χ3v) is 4.59. The predicted molar refractivity (Wildman–Crippen MR) is 85.7 cm³/mol. The molecule has 0 amide bonds. The molecule has 7 heteroatoms. The first-order valence-corrected chi connectivity index (χ1v) is 7.73. The van der Waals surface area contributed by atoms with E-state index in [0.29, 0.717) is 29.2 Å². The lowest BCUT2D eigenvalue weighted by molar-refractivity contribution is 0.465. The highest BCUT2D eigenvalue weighted by molar-refractivity contribution is 5.74. The number of anilines is 2. The predicted octanol–water partition coefficient (Wildman–Crippen LogP) is 1.51. The van der Waals surface area contributed by atoms with Crippen LogP contribution in [0.5, 0.6) is 5.75 Å². The van der Waals surface area contributed by atoms with Gasteiger partial charge in [-0.1, -0.05) is 0 Å². The Labute approximate surface area is 133 Å². The van der Waals surface area contributed by atoms with Gasteiger partial charge in [0, 0.05) is 30.7 Å². The van der Waals surface area contributed by atoms with Crippen molar-refractivity contribution in [3.8, 4) is 17.0 Å². The number of hydrogen-bond acceptors (Lipinski definition) is 6. The maximum absolute atomic E-state index is 13.5. The molecule has 2 aliphatic rings. The number of hydrogen-bond donors (Lipinski definition) is 3. The molecule has 1 aromatic carbocycles. The number of aromatic nitrogens is 2. The van der Waals surface area contributed by atoms with Crippen LogP contribution in [0.2, 0.25) is 0 Å². The van der Waals surface area contributed by atoms with Crippen molar-refractivity contribution in [3.63, 3.8) is 0 Å². The van der Waals surface area contributed by atoms with E-state index in [-0.39, 0.29) is 5.75 Å². The summed E-state index contributed by atoms with van der Waals surface area (Å²) in [4.78, 5) is 2.20. The largest absolute Gasteiger partial charge is 0.507 e. The molecule has 4 N–H and O–H groups in total. The van der Waals surface area contributed by atoms with E-state index in [1.54, 1.807) is 6.07 Å². The molecule has 2 aromatic rings. The second-order valence-corrected chi connectivity index (χ2v) is 6.20. The summed E-state index contributed by atoms with van der Waals surface area (Å²) in [6, 6.07) is 6.48. The van der Waals surface area contributed by atoms with Crippen LogP contribution in [0.4, 0.5) is 15.9 Å². The summed E-state index contributed by atoms with van der Waals surface area (Å²) in [7, 11) is 0. The Kier molecular flexibility index (Phi) is 3.30. The van der Waals surface area contributed by atoms with Crippen molar-refractivity contribution in [1.82, 2.24) is 15.5 Å². The summed E-state index contributed by atoms with van der Waals surface area (Å²) in [6.07, 6.45) is 2.33. The molecule has 0 aliphatic carbocycles. The number of piperazine rings is 1. The maximum Gasteiger partial charge on any atom is 0.169 e. The van der Waals surface area contributed by atoms with Gasteiger partial charge < -0.3 is 21.1 Å². The second kappa shape index (κ2) is 5.34. The molecule has 6 nitrogen and oxygen atoms in total. The monoisotopic (exact) mass is 315 g/mol. The highest BCUT2D eigenvalue weighted by Gasteiger charge is 2.33. The number of rotatable bonds is 2. The normalized spacial score (nSPS) is 23.3. The summed E-state index contributed by atoms with van der Waals surface area (Å²) >= 11 is 0. The van der Waals surface area contributed by atoms with Gasteiger partial charge in [0.2, 0.25) is 0 Å². The van der Waals surface area contributed by atoms with Crippen LogP contribution in [0.25, 0.3) is 11.3 Å². The Morgan fingerprint density at radius 3 is 2.65 bits per heavy atom. The van der Waals surface area contributed by atoms with Crippen molar-refractivity contribution < 1.29 is 9.50 Å². The van der Waals surface area contributed by atoms with Crippen LogP contribution in [0.1, 0.15) is 12.8 Å². The molecule has 2 fully saturated rings. The molecule has 2 atom stereocenters. The van der Waals surface area contributed by atoms with E-state index in [0.717, 1.165) is 31.6 Å². The van der Waals surface area contributed by atoms with E-state index in [2.05, 4.69) is 20.4 Å². The number of nitrogen functional groups attached to an aromatic ring is 1. The van der Waals surface area contributed by atoms with Gasteiger partial charge >= 0.3 is 0 Å². The van der Waals surface area contributed by atoms with Crippen molar-refractivity contribution in [3.05, 3.63) is 30.1 Å². The van der Waals surface area contributed by atoms with Crippen LogP contribution in [-0.2, 0) is 0 Å². The van der Waals surface area contributed by atoms with Crippen molar-refractivity contribution in [2.24, 2.45) is 0 Å². The zero-order valence-electron chi connectivity index (χ0n) is 12.5. The maximum atomic E-state index is 13.5. The van der Waals surface area contributed by atoms with Crippen molar-refractivity contribution >= 4 is 11.5 Å². The molecule has 2 aliphatic heterocycles. The van der Waals surface area contributed by atoms with E-state index < -0.39 is 5.82 Å². The van der Waals surface area contributed by atoms with Gasteiger partial charge in [0.1, 0.15) is 11.6 Å². The van der Waals surface area contributed by atoms with Gasteiger partial charge in [-0.15, -0.1) is 10.2 Å². The minimum absolute atomic E-state index is 0.0307. The third-order valence-electron chi connectivity index (χ3n) is 4.59. The molecule has 1 aromatic heterocycles. The molecule has 0 spiro atoms. The minimum atomic E-state index is -0.432. The Morgan fingerprint density at radius 2 is 1.91 bits per heavy atom. The van der Waals surface area contributed by atoms with E-state index >= 15 is 0 Å². The Bertz CT molecular complexity index is 741. The molecule has 2 saturated heterocycles. The fourth-order valence-electron chi connectivity index (χ4n) is 3.48. The first kappa shape index (κ1) is 14.2. The summed E-state index contributed by atoms with van der Waals surface area (Å²) in [5, 5.41) is 21.5. The third kappa shape index (κ3) is 2.57. The van der Waals surface area contributed by atoms with Crippen molar-refractivity contribution in [1.29, 1.82) is 0 Å². The number of benzene rings is 1. The number of phenolic OH excluding ortho intramolecular Hbond substituents is 1. The first-order chi connectivity index (χ1) is 11.1.